The van der Waals surface area contributed by atoms with Gasteiger partial charge in [-0.3, -0.25) is 0 Å². The zero-order valence-corrected chi connectivity index (χ0v) is 14.2. The largest absolute Gasteiger partial charge is 0.330 e. The van der Waals surface area contributed by atoms with Gasteiger partial charge in [0.1, 0.15) is 0 Å². The molecule has 0 radical (unpaired) electrons. The molecule has 0 aromatic heterocycles. The number of hydrogen-bond acceptors (Lipinski definition) is 2. The molecule has 0 aromatic carbocycles. The first kappa shape index (κ1) is 16.3. The Morgan fingerprint density at radius 3 is 2.20 bits per heavy atom. The van der Waals surface area contributed by atoms with Crippen LogP contribution in [0.15, 0.2) is 0 Å². The average Bonchev–Trinajstić information content (AvgIpc) is 2.45. The van der Waals surface area contributed by atoms with Crippen LogP contribution >= 0.6 is 0 Å². The molecule has 2 N–H and O–H groups in total. The van der Waals surface area contributed by atoms with Crippen LogP contribution in [0.1, 0.15) is 66.2 Å². The minimum Gasteiger partial charge on any atom is -0.330 e. The van der Waals surface area contributed by atoms with Gasteiger partial charge >= 0.3 is 0 Å². The summed E-state index contributed by atoms with van der Waals surface area (Å²) in [6, 6.07) is 0.760. The SMILES string of the molecule is CCC1CCN(C2CC(C(C)(C)C)CCC2CN)CC1. The zero-order chi connectivity index (χ0) is 14.8. The number of likely N-dealkylation sites (tertiary alicyclic amines) is 1. The minimum atomic E-state index is 0.458. The molecule has 0 spiro atoms. The Morgan fingerprint density at radius 2 is 1.70 bits per heavy atom. The molecule has 118 valence electrons. The van der Waals surface area contributed by atoms with Crippen molar-refractivity contribution in [3.8, 4) is 0 Å². The van der Waals surface area contributed by atoms with Crippen molar-refractivity contribution in [2.45, 2.75) is 72.3 Å². The van der Waals surface area contributed by atoms with Gasteiger partial charge in [-0.2, -0.15) is 0 Å². The Hall–Kier alpha value is -0.0800. The molecule has 1 aliphatic heterocycles. The highest BCUT2D eigenvalue weighted by Gasteiger charge is 2.38. The van der Waals surface area contributed by atoms with Crippen LogP contribution in [0.2, 0.25) is 0 Å². The van der Waals surface area contributed by atoms with Gasteiger partial charge in [0.15, 0.2) is 0 Å². The van der Waals surface area contributed by atoms with E-state index in [1.165, 1.54) is 51.6 Å². The van der Waals surface area contributed by atoms with Gasteiger partial charge in [-0.05, 0) is 74.9 Å². The number of rotatable bonds is 3. The Kier molecular flexibility index (Phi) is 5.53. The van der Waals surface area contributed by atoms with E-state index in [2.05, 4.69) is 32.6 Å². The van der Waals surface area contributed by atoms with E-state index in [9.17, 15) is 0 Å². The monoisotopic (exact) mass is 280 g/mol. The minimum absolute atomic E-state index is 0.458. The second kappa shape index (κ2) is 6.79. The summed E-state index contributed by atoms with van der Waals surface area (Å²) >= 11 is 0. The summed E-state index contributed by atoms with van der Waals surface area (Å²) in [4.78, 5) is 2.79. The number of piperidine rings is 1. The Morgan fingerprint density at radius 1 is 1.05 bits per heavy atom. The topological polar surface area (TPSA) is 29.3 Å². The third-order valence-corrected chi connectivity index (χ3v) is 6.18. The fraction of sp³-hybridized carbons (Fsp3) is 1.00. The first-order valence-electron chi connectivity index (χ1n) is 8.89. The van der Waals surface area contributed by atoms with Gasteiger partial charge in [0.2, 0.25) is 0 Å². The summed E-state index contributed by atoms with van der Waals surface area (Å²) in [6.07, 6.45) is 8.28. The lowest BCUT2D eigenvalue weighted by Gasteiger charge is -2.48. The first-order valence-corrected chi connectivity index (χ1v) is 8.89. The van der Waals surface area contributed by atoms with E-state index >= 15 is 0 Å². The van der Waals surface area contributed by atoms with Crippen LogP contribution in [0.5, 0.6) is 0 Å². The average molecular weight is 280 g/mol. The van der Waals surface area contributed by atoms with Crippen molar-refractivity contribution >= 4 is 0 Å². The smallest absolute Gasteiger partial charge is 0.0138 e. The number of nitrogens with zero attached hydrogens (tertiary/aromatic N) is 1. The molecule has 0 amide bonds. The summed E-state index contributed by atoms with van der Waals surface area (Å²) in [7, 11) is 0. The molecule has 1 saturated heterocycles. The summed E-state index contributed by atoms with van der Waals surface area (Å²) in [5.74, 6) is 2.59. The first-order chi connectivity index (χ1) is 9.45. The molecular formula is C18H36N2. The van der Waals surface area contributed by atoms with Gasteiger partial charge in [-0.15, -0.1) is 0 Å². The van der Waals surface area contributed by atoms with E-state index in [-0.39, 0.29) is 0 Å². The predicted molar refractivity (Wildman–Crippen MR) is 87.7 cm³/mol. The van der Waals surface area contributed by atoms with E-state index in [0.717, 1.165) is 30.3 Å². The third kappa shape index (κ3) is 3.76. The van der Waals surface area contributed by atoms with Crippen LogP contribution in [-0.4, -0.2) is 30.6 Å². The highest BCUT2D eigenvalue weighted by atomic mass is 15.2. The summed E-state index contributed by atoms with van der Waals surface area (Å²) in [5.41, 5.74) is 6.54. The maximum atomic E-state index is 6.08. The maximum absolute atomic E-state index is 6.08. The van der Waals surface area contributed by atoms with Gasteiger partial charge < -0.3 is 10.6 Å². The van der Waals surface area contributed by atoms with E-state index in [4.69, 9.17) is 5.73 Å². The quantitative estimate of drug-likeness (QED) is 0.849. The molecule has 0 bridgehead atoms. The van der Waals surface area contributed by atoms with Crippen LogP contribution in [0.4, 0.5) is 0 Å². The standard InChI is InChI=1S/C18H36N2/c1-5-14-8-10-20(11-9-14)17-12-16(18(2,3)4)7-6-15(17)13-19/h14-17H,5-13,19H2,1-4H3. The van der Waals surface area contributed by atoms with Gasteiger partial charge in [-0.1, -0.05) is 34.1 Å². The highest BCUT2D eigenvalue weighted by molar-refractivity contribution is 4.92. The summed E-state index contributed by atoms with van der Waals surface area (Å²) < 4.78 is 0. The van der Waals surface area contributed by atoms with Crippen LogP contribution in [0.3, 0.4) is 0 Å². The zero-order valence-electron chi connectivity index (χ0n) is 14.2. The molecule has 3 atom stereocenters. The maximum Gasteiger partial charge on any atom is 0.0138 e. The molecule has 2 rings (SSSR count). The van der Waals surface area contributed by atoms with Crippen molar-refractivity contribution in [2.24, 2.45) is 28.9 Å². The molecular weight excluding hydrogens is 244 g/mol. The van der Waals surface area contributed by atoms with Gasteiger partial charge in [-0.25, -0.2) is 0 Å². The van der Waals surface area contributed by atoms with Crippen LogP contribution in [0.25, 0.3) is 0 Å². The second-order valence-corrected chi connectivity index (χ2v) is 8.33. The van der Waals surface area contributed by atoms with Gasteiger partial charge in [0, 0.05) is 6.04 Å². The lowest BCUT2D eigenvalue weighted by molar-refractivity contribution is 0.0256. The number of nitrogens with two attached hydrogens (primary N) is 1. The summed E-state index contributed by atoms with van der Waals surface area (Å²) in [6.45, 7) is 13.1. The Bertz CT molecular complexity index is 286. The van der Waals surface area contributed by atoms with Crippen molar-refractivity contribution in [2.75, 3.05) is 19.6 Å². The fourth-order valence-electron chi connectivity index (χ4n) is 4.41. The second-order valence-electron chi connectivity index (χ2n) is 8.33. The van der Waals surface area contributed by atoms with Crippen molar-refractivity contribution in [1.29, 1.82) is 0 Å². The van der Waals surface area contributed by atoms with Crippen molar-refractivity contribution in [3.63, 3.8) is 0 Å². The van der Waals surface area contributed by atoms with Crippen molar-refractivity contribution in [3.05, 3.63) is 0 Å². The molecule has 1 saturated carbocycles. The third-order valence-electron chi connectivity index (χ3n) is 6.18. The van der Waals surface area contributed by atoms with Crippen LogP contribution < -0.4 is 5.73 Å². The Balaban J connectivity index is 1.99. The molecule has 3 unspecified atom stereocenters. The molecule has 2 fully saturated rings. The lowest BCUT2D eigenvalue weighted by Crippen LogP contribution is -2.51. The summed E-state index contributed by atoms with van der Waals surface area (Å²) in [5, 5.41) is 0. The highest BCUT2D eigenvalue weighted by Crippen LogP contribution is 2.42. The molecule has 2 nitrogen and oxygen atoms in total. The van der Waals surface area contributed by atoms with E-state index in [1.807, 2.05) is 0 Å². The number of hydrogen-bond donors (Lipinski definition) is 1. The van der Waals surface area contributed by atoms with E-state index in [1.54, 1.807) is 0 Å². The molecule has 2 heteroatoms. The lowest BCUT2D eigenvalue weighted by atomic mass is 9.67. The van der Waals surface area contributed by atoms with Crippen LogP contribution in [0, 0.1) is 23.2 Å². The van der Waals surface area contributed by atoms with Crippen molar-refractivity contribution in [1.82, 2.24) is 4.90 Å². The Labute approximate surface area is 126 Å². The van der Waals surface area contributed by atoms with E-state index in [0.29, 0.717) is 5.41 Å². The molecule has 1 heterocycles. The predicted octanol–water partition coefficient (Wildman–Crippen LogP) is 3.90. The molecule has 20 heavy (non-hydrogen) atoms. The van der Waals surface area contributed by atoms with Gasteiger partial charge in [0.25, 0.3) is 0 Å². The molecule has 1 aliphatic carbocycles. The van der Waals surface area contributed by atoms with E-state index < -0.39 is 0 Å². The molecule has 0 aromatic rings. The molecule has 2 aliphatic rings. The van der Waals surface area contributed by atoms with Gasteiger partial charge in [0.05, 0.1) is 0 Å². The fourth-order valence-corrected chi connectivity index (χ4v) is 4.41. The van der Waals surface area contributed by atoms with Crippen molar-refractivity contribution < 1.29 is 0 Å². The van der Waals surface area contributed by atoms with Crippen LogP contribution in [-0.2, 0) is 0 Å². The normalized spacial score (nSPS) is 34.4.